The van der Waals surface area contributed by atoms with Gasteiger partial charge in [-0.05, 0) is 19.9 Å². The largest absolute Gasteiger partial charge is 0.466 e. The number of hydrogen-bond acceptors (Lipinski definition) is 6. The zero-order valence-electron chi connectivity index (χ0n) is 11.3. The van der Waals surface area contributed by atoms with Crippen molar-refractivity contribution >= 4 is 33.3 Å². The fourth-order valence-corrected chi connectivity index (χ4v) is 2.71. The lowest BCUT2D eigenvalue weighted by molar-refractivity contribution is -0.142. The maximum Gasteiger partial charge on any atom is 0.307 e. The summed E-state index contributed by atoms with van der Waals surface area (Å²) in [5.74, 6) is 0.680. The first-order chi connectivity index (χ1) is 9.11. The van der Waals surface area contributed by atoms with E-state index in [9.17, 15) is 4.79 Å². The van der Waals surface area contributed by atoms with Gasteiger partial charge in [-0.3, -0.25) is 4.79 Å². The molecule has 5 nitrogen and oxygen atoms in total. The molecule has 2 heterocycles. The lowest BCUT2D eigenvalue weighted by Gasteiger charge is -2.17. The highest BCUT2D eigenvalue weighted by Crippen LogP contribution is 2.29. The summed E-state index contributed by atoms with van der Waals surface area (Å²) in [6, 6.07) is 2.08. The molecule has 0 aliphatic carbocycles. The van der Waals surface area contributed by atoms with Crippen molar-refractivity contribution in [3.63, 3.8) is 0 Å². The van der Waals surface area contributed by atoms with E-state index in [-0.39, 0.29) is 5.97 Å². The molecule has 2 aromatic heterocycles. The summed E-state index contributed by atoms with van der Waals surface area (Å²) in [7, 11) is 1.92. The minimum atomic E-state index is -0.179. The van der Waals surface area contributed by atoms with Crippen molar-refractivity contribution in [1.29, 1.82) is 0 Å². The third-order valence-electron chi connectivity index (χ3n) is 2.75. The van der Waals surface area contributed by atoms with Crippen LogP contribution in [0.15, 0.2) is 12.4 Å². The molecule has 0 aromatic carbocycles. The number of fused-ring (bicyclic) bond motifs is 1. The summed E-state index contributed by atoms with van der Waals surface area (Å²) in [6.07, 6.45) is 1.92. The summed E-state index contributed by atoms with van der Waals surface area (Å²) in [6.45, 7) is 4.86. The zero-order valence-corrected chi connectivity index (χ0v) is 12.2. The summed E-state index contributed by atoms with van der Waals surface area (Å²) < 4.78 is 4.92. The van der Waals surface area contributed by atoms with Gasteiger partial charge < -0.3 is 9.64 Å². The molecule has 0 fully saturated rings. The molecule has 102 valence electrons. The molecule has 0 N–H and O–H groups in total. The van der Waals surface area contributed by atoms with E-state index in [0.29, 0.717) is 19.6 Å². The summed E-state index contributed by atoms with van der Waals surface area (Å²) in [5.41, 5.74) is 0. The number of hydrogen-bond donors (Lipinski definition) is 0. The second-order valence-corrected chi connectivity index (χ2v) is 5.48. The number of esters is 1. The normalized spacial score (nSPS) is 10.7. The van der Waals surface area contributed by atoms with Gasteiger partial charge in [-0.15, -0.1) is 11.3 Å². The summed E-state index contributed by atoms with van der Waals surface area (Å²) in [5, 5.41) is 1.04. The van der Waals surface area contributed by atoms with E-state index in [1.807, 2.05) is 18.9 Å². The van der Waals surface area contributed by atoms with Crippen LogP contribution < -0.4 is 4.90 Å². The Kier molecular flexibility index (Phi) is 4.31. The van der Waals surface area contributed by atoms with Gasteiger partial charge in [-0.1, -0.05) is 0 Å². The van der Waals surface area contributed by atoms with Crippen molar-refractivity contribution in [1.82, 2.24) is 9.97 Å². The van der Waals surface area contributed by atoms with Gasteiger partial charge in [0.15, 0.2) is 0 Å². The van der Waals surface area contributed by atoms with E-state index in [1.165, 1.54) is 4.88 Å². The van der Waals surface area contributed by atoms with Crippen LogP contribution in [0, 0.1) is 6.92 Å². The maximum atomic E-state index is 11.4. The molecule has 0 unspecified atom stereocenters. The van der Waals surface area contributed by atoms with Gasteiger partial charge in [0.25, 0.3) is 0 Å². The molecule has 0 aliphatic heterocycles. The number of carbonyl (C=O) groups is 1. The van der Waals surface area contributed by atoms with E-state index in [1.54, 1.807) is 17.7 Å². The van der Waals surface area contributed by atoms with E-state index in [4.69, 9.17) is 4.74 Å². The third kappa shape index (κ3) is 3.20. The van der Waals surface area contributed by atoms with Crippen molar-refractivity contribution in [2.24, 2.45) is 0 Å². The van der Waals surface area contributed by atoms with Crippen LogP contribution in [-0.4, -0.2) is 36.1 Å². The maximum absolute atomic E-state index is 11.4. The van der Waals surface area contributed by atoms with E-state index < -0.39 is 0 Å². The number of carbonyl (C=O) groups excluding carboxylic acids is 1. The Morgan fingerprint density at radius 3 is 3.00 bits per heavy atom. The van der Waals surface area contributed by atoms with Crippen molar-refractivity contribution < 1.29 is 9.53 Å². The third-order valence-corrected chi connectivity index (χ3v) is 3.71. The Morgan fingerprint density at radius 2 is 2.26 bits per heavy atom. The standard InChI is InChI=1S/C13H17N3O2S/c1-4-18-11(17)5-6-16(3)12-10-7-9(2)19-13(10)15-8-14-12/h7-8H,4-6H2,1-3H3. The number of thiophene rings is 1. The Balaban J connectivity index is 2.12. The van der Waals surface area contributed by atoms with Crippen LogP contribution >= 0.6 is 11.3 Å². The molecule has 2 rings (SSSR count). The predicted octanol–water partition coefficient (Wildman–Crippen LogP) is 2.39. The van der Waals surface area contributed by atoms with Crippen molar-refractivity contribution in [3.05, 3.63) is 17.3 Å². The van der Waals surface area contributed by atoms with Crippen LogP contribution in [0.1, 0.15) is 18.2 Å². The average Bonchev–Trinajstić information content (AvgIpc) is 2.76. The monoisotopic (exact) mass is 279 g/mol. The van der Waals surface area contributed by atoms with Gasteiger partial charge in [0.1, 0.15) is 17.0 Å². The molecule has 0 saturated heterocycles. The topological polar surface area (TPSA) is 55.3 Å². The van der Waals surface area contributed by atoms with Crippen molar-refractivity contribution in [3.8, 4) is 0 Å². The first-order valence-electron chi connectivity index (χ1n) is 6.19. The van der Waals surface area contributed by atoms with Crippen LogP contribution in [0.3, 0.4) is 0 Å². The molecule has 0 saturated carbocycles. The average molecular weight is 279 g/mol. The number of aryl methyl sites for hydroxylation is 1. The molecule has 0 aliphatic rings. The minimum absolute atomic E-state index is 0.179. The second-order valence-electron chi connectivity index (χ2n) is 4.25. The van der Waals surface area contributed by atoms with Gasteiger partial charge in [0.05, 0.1) is 18.4 Å². The molecule has 0 amide bonds. The molecule has 19 heavy (non-hydrogen) atoms. The van der Waals surface area contributed by atoms with Crippen LogP contribution in [0.2, 0.25) is 0 Å². The van der Waals surface area contributed by atoms with Crippen LogP contribution in [-0.2, 0) is 9.53 Å². The number of rotatable bonds is 5. The number of anilines is 1. The lowest BCUT2D eigenvalue weighted by Crippen LogP contribution is -2.23. The van der Waals surface area contributed by atoms with Gasteiger partial charge in [0.2, 0.25) is 0 Å². The Labute approximate surface area is 116 Å². The molecule has 0 radical (unpaired) electrons. The van der Waals surface area contributed by atoms with Crippen LogP contribution in [0.4, 0.5) is 5.82 Å². The first-order valence-corrected chi connectivity index (χ1v) is 7.01. The molecule has 6 heteroatoms. The quantitative estimate of drug-likeness (QED) is 0.787. The Hall–Kier alpha value is -1.69. The van der Waals surface area contributed by atoms with Gasteiger partial charge in [0, 0.05) is 18.5 Å². The SMILES string of the molecule is CCOC(=O)CCN(C)c1ncnc2sc(C)cc12. The zero-order chi connectivity index (χ0) is 13.8. The fraction of sp³-hybridized carbons (Fsp3) is 0.462. The first kappa shape index (κ1) is 13.7. The number of nitrogens with zero attached hydrogens (tertiary/aromatic N) is 3. The molecule has 0 atom stereocenters. The fourth-order valence-electron chi connectivity index (χ4n) is 1.87. The van der Waals surface area contributed by atoms with E-state index in [0.717, 1.165) is 16.0 Å². The highest BCUT2D eigenvalue weighted by molar-refractivity contribution is 7.18. The van der Waals surface area contributed by atoms with E-state index in [2.05, 4.69) is 23.0 Å². The van der Waals surface area contributed by atoms with Gasteiger partial charge >= 0.3 is 5.97 Å². The molecule has 0 bridgehead atoms. The Bertz CT molecular complexity index is 582. The Morgan fingerprint density at radius 1 is 1.47 bits per heavy atom. The predicted molar refractivity (Wildman–Crippen MR) is 76.7 cm³/mol. The summed E-state index contributed by atoms with van der Waals surface area (Å²) >= 11 is 1.65. The number of ether oxygens (including phenoxy) is 1. The van der Waals surface area contributed by atoms with Crippen molar-refractivity contribution in [2.45, 2.75) is 20.3 Å². The molecular formula is C13H17N3O2S. The smallest absolute Gasteiger partial charge is 0.307 e. The number of aromatic nitrogens is 2. The van der Waals surface area contributed by atoms with Crippen molar-refractivity contribution in [2.75, 3.05) is 25.1 Å². The van der Waals surface area contributed by atoms with E-state index >= 15 is 0 Å². The molecule has 0 spiro atoms. The van der Waals surface area contributed by atoms with Gasteiger partial charge in [-0.2, -0.15) is 0 Å². The highest BCUT2D eigenvalue weighted by atomic mass is 32.1. The summed E-state index contributed by atoms with van der Waals surface area (Å²) in [4.78, 5) is 24.1. The minimum Gasteiger partial charge on any atom is -0.466 e. The lowest BCUT2D eigenvalue weighted by atomic mass is 10.3. The van der Waals surface area contributed by atoms with Crippen LogP contribution in [0.25, 0.3) is 10.2 Å². The highest BCUT2D eigenvalue weighted by Gasteiger charge is 2.12. The molecule has 2 aromatic rings. The molecular weight excluding hydrogens is 262 g/mol. The van der Waals surface area contributed by atoms with Crippen LogP contribution in [0.5, 0.6) is 0 Å². The second kappa shape index (κ2) is 5.97. The van der Waals surface area contributed by atoms with Gasteiger partial charge in [-0.25, -0.2) is 9.97 Å².